The smallest absolute Gasteiger partial charge is 0.124 e. The molecule has 0 aliphatic rings. The van der Waals surface area contributed by atoms with Gasteiger partial charge in [0.1, 0.15) is 5.75 Å². The second kappa shape index (κ2) is 10.4. The third kappa shape index (κ3) is 5.83. The molecule has 2 aromatic rings. The molecule has 0 spiro atoms. The van der Waals surface area contributed by atoms with E-state index >= 15 is 0 Å². The SMILES string of the molecule is CCCCCCCNCc1c(OCC(C)C)ccc2ccccc12. The van der Waals surface area contributed by atoms with E-state index in [1.54, 1.807) is 0 Å². The van der Waals surface area contributed by atoms with E-state index in [0.29, 0.717) is 5.92 Å². The summed E-state index contributed by atoms with van der Waals surface area (Å²) in [5.41, 5.74) is 1.29. The standard InChI is InChI=1S/C22H33NO/c1-4-5-6-7-10-15-23-16-21-20-12-9-8-11-19(20)13-14-22(21)24-17-18(2)3/h8-9,11-14,18,23H,4-7,10,15-17H2,1-3H3. The molecular weight excluding hydrogens is 294 g/mol. The molecule has 0 saturated carbocycles. The van der Waals surface area contributed by atoms with Crippen molar-refractivity contribution in [3.8, 4) is 5.75 Å². The Morgan fingerprint density at radius 2 is 1.75 bits per heavy atom. The molecular formula is C22H33NO. The summed E-state index contributed by atoms with van der Waals surface area (Å²) in [6, 6.07) is 12.9. The van der Waals surface area contributed by atoms with E-state index in [2.05, 4.69) is 62.5 Å². The molecule has 0 heterocycles. The van der Waals surface area contributed by atoms with Crippen LogP contribution >= 0.6 is 0 Å². The Kier molecular flexibility index (Phi) is 8.11. The van der Waals surface area contributed by atoms with Crippen molar-refractivity contribution in [2.75, 3.05) is 13.2 Å². The summed E-state index contributed by atoms with van der Waals surface area (Å²) < 4.78 is 6.08. The molecule has 0 unspecified atom stereocenters. The van der Waals surface area contributed by atoms with Crippen LogP contribution < -0.4 is 10.1 Å². The van der Waals surface area contributed by atoms with Gasteiger partial charge >= 0.3 is 0 Å². The topological polar surface area (TPSA) is 21.3 Å². The first-order valence-corrected chi connectivity index (χ1v) is 9.56. The van der Waals surface area contributed by atoms with E-state index < -0.39 is 0 Å². The van der Waals surface area contributed by atoms with Crippen LogP contribution in [0.4, 0.5) is 0 Å². The van der Waals surface area contributed by atoms with Crippen molar-refractivity contribution in [2.45, 2.75) is 59.4 Å². The summed E-state index contributed by atoms with van der Waals surface area (Å²) in [5, 5.41) is 6.21. The van der Waals surface area contributed by atoms with Crippen molar-refractivity contribution >= 4 is 10.8 Å². The van der Waals surface area contributed by atoms with Crippen LogP contribution in [0.2, 0.25) is 0 Å². The van der Waals surface area contributed by atoms with Crippen LogP contribution in [0.15, 0.2) is 36.4 Å². The van der Waals surface area contributed by atoms with Gasteiger partial charge in [-0.05, 0) is 35.7 Å². The fraction of sp³-hybridized carbons (Fsp3) is 0.545. The molecule has 0 aliphatic carbocycles. The van der Waals surface area contributed by atoms with Gasteiger partial charge in [0.05, 0.1) is 6.61 Å². The molecule has 2 nitrogen and oxygen atoms in total. The van der Waals surface area contributed by atoms with Crippen LogP contribution in [0.5, 0.6) is 5.75 Å². The average molecular weight is 328 g/mol. The summed E-state index contributed by atoms with van der Waals surface area (Å²) in [4.78, 5) is 0. The number of nitrogens with one attached hydrogen (secondary N) is 1. The highest BCUT2D eigenvalue weighted by Crippen LogP contribution is 2.28. The second-order valence-electron chi connectivity index (χ2n) is 7.06. The molecule has 0 bridgehead atoms. The summed E-state index contributed by atoms with van der Waals surface area (Å²) in [6.45, 7) is 9.36. The van der Waals surface area contributed by atoms with Gasteiger partial charge in [0.2, 0.25) is 0 Å². The van der Waals surface area contributed by atoms with Gasteiger partial charge in [-0.25, -0.2) is 0 Å². The lowest BCUT2D eigenvalue weighted by Crippen LogP contribution is -2.16. The van der Waals surface area contributed by atoms with E-state index in [0.717, 1.165) is 25.4 Å². The lowest BCUT2D eigenvalue weighted by molar-refractivity contribution is 0.268. The highest BCUT2D eigenvalue weighted by atomic mass is 16.5. The Morgan fingerprint density at radius 3 is 2.54 bits per heavy atom. The predicted octanol–water partition coefficient (Wildman–Crippen LogP) is 5.93. The Hall–Kier alpha value is -1.54. The second-order valence-corrected chi connectivity index (χ2v) is 7.06. The summed E-state index contributed by atoms with van der Waals surface area (Å²) in [5.74, 6) is 1.57. The molecule has 2 aromatic carbocycles. The Balaban J connectivity index is 2.00. The average Bonchev–Trinajstić information content (AvgIpc) is 2.59. The lowest BCUT2D eigenvalue weighted by Gasteiger charge is -2.16. The maximum Gasteiger partial charge on any atom is 0.124 e. The highest BCUT2D eigenvalue weighted by Gasteiger charge is 2.09. The first kappa shape index (κ1) is 18.8. The number of hydrogen-bond donors (Lipinski definition) is 1. The number of hydrogen-bond acceptors (Lipinski definition) is 2. The van der Waals surface area contributed by atoms with Gasteiger partial charge in [-0.1, -0.05) is 76.8 Å². The predicted molar refractivity (Wildman–Crippen MR) is 105 cm³/mol. The minimum atomic E-state index is 0.538. The molecule has 2 rings (SSSR count). The van der Waals surface area contributed by atoms with E-state index in [4.69, 9.17) is 4.74 Å². The zero-order chi connectivity index (χ0) is 17.2. The number of unbranched alkanes of at least 4 members (excludes halogenated alkanes) is 4. The lowest BCUT2D eigenvalue weighted by atomic mass is 10.0. The summed E-state index contributed by atoms with van der Waals surface area (Å²) >= 11 is 0. The van der Waals surface area contributed by atoms with Gasteiger partial charge in [0.15, 0.2) is 0 Å². The van der Waals surface area contributed by atoms with Gasteiger partial charge < -0.3 is 10.1 Å². The first-order chi connectivity index (χ1) is 11.7. The van der Waals surface area contributed by atoms with Gasteiger partial charge in [-0.2, -0.15) is 0 Å². The zero-order valence-electron chi connectivity index (χ0n) is 15.6. The number of rotatable bonds is 11. The molecule has 0 atom stereocenters. The molecule has 0 aromatic heterocycles. The van der Waals surface area contributed by atoms with Crippen LogP contribution in [0, 0.1) is 5.92 Å². The maximum absolute atomic E-state index is 6.08. The molecule has 132 valence electrons. The fourth-order valence-corrected chi connectivity index (χ4v) is 2.96. The molecule has 2 heteroatoms. The van der Waals surface area contributed by atoms with Crippen molar-refractivity contribution in [3.05, 3.63) is 42.0 Å². The summed E-state index contributed by atoms with van der Waals surface area (Å²) in [7, 11) is 0. The van der Waals surface area contributed by atoms with Gasteiger partial charge in [-0.3, -0.25) is 0 Å². The van der Waals surface area contributed by atoms with Crippen LogP contribution in [-0.4, -0.2) is 13.2 Å². The van der Waals surface area contributed by atoms with E-state index in [-0.39, 0.29) is 0 Å². The van der Waals surface area contributed by atoms with E-state index in [1.807, 2.05) is 0 Å². The third-order valence-corrected chi connectivity index (χ3v) is 4.33. The van der Waals surface area contributed by atoms with Crippen molar-refractivity contribution in [1.82, 2.24) is 5.32 Å². The van der Waals surface area contributed by atoms with Crippen LogP contribution in [0.25, 0.3) is 10.8 Å². The monoisotopic (exact) mass is 327 g/mol. The third-order valence-electron chi connectivity index (χ3n) is 4.33. The van der Waals surface area contributed by atoms with Gasteiger partial charge in [-0.15, -0.1) is 0 Å². The van der Waals surface area contributed by atoms with Gasteiger partial charge in [0.25, 0.3) is 0 Å². The minimum absolute atomic E-state index is 0.538. The molecule has 1 N–H and O–H groups in total. The maximum atomic E-state index is 6.08. The zero-order valence-corrected chi connectivity index (χ0v) is 15.6. The van der Waals surface area contributed by atoms with E-state index in [1.165, 1.54) is 48.4 Å². The summed E-state index contributed by atoms with van der Waals surface area (Å²) in [6.07, 6.45) is 6.60. The molecule has 0 amide bonds. The van der Waals surface area contributed by atoms with Crippen LogP contribution in [0.1, 0.15) is 58.4 Å². The van der Waals surface area contributed by atoms with Crippen molar-refractivity contribution < 1.29 is 4.74 Å². The molecule has 0 saturated heterocycles. The van der Waals surface area contributed by atoms with Crippen molar-refractivity contribution in [1.29, 1.82) is 0 Å². The minimum Gasteiger partial charge on any atom is -0.493 e. The van der Waals surface area contributed by atoms with Crippen LogP contribution in [0.3, 0.4) is 0 Å². The highest BCUT2D eigenvalue weighted by molar-refractivity contribution is 5.87. The Bertz CT molecular complexity index is 606. The largest absolute Gasteiger partial charge is 0.493 e. The Labute approximate surface area is 147 Å². The molecule has 0 fully saturated rings. The molecule has 0 aliphatic heterocycles. The fourth-order valence-electron chi connectivity index (χ4n) is 2.96. The Morgan fingerprint density at radius 1 is 0.958 bits per heavy atom. The number of ether oxygens (including phenoxy) is 1. The normalized spacial score (nSPS) is 11.3. The van der Waals surface area contributed by atoms with E-state index in [9.17, 15) is 0 Å². The quantitative estimate of drug-likeness (QED) is 0.516. The van der Waals surface area contributed by atoms with Gasteiger partial charge in [0, 0.05) is 12.1 Å². The van der Waals surface area contributed by atoms with Crippen molar-refractivity contribution in [2.24, 2.45) is 5.92 Å². The number of fused-ring (bicyclic) bond motifs is 1. The molecule has 0 radical (unpaired) electrons. The van der Waals surface area contributed by atoms with Crippen LogP contribution in [-0.2, 0) is 6.54 Å². The number of benzene rings is 2. The first-order valence-electron chi connectivity index (χ1n) is 9.56. The molecule has 24 heavy (non-hydrogen) atoms. The van der Waals surface area contributed by atoms with Crippen molar-refractivity contribution in [3.63, 3.8) is 0 Å².